The van der Waals surface area contributed by atoms with Gasteiger partial charge in [0.2, 0.25) is 0 Å². The van der Waals surface area contributed by atoms with E-state index < -0.39 is 16.2 Å². The minimum absolute atomic E-state index is 0.196. The quantitative estimate of drug-likeness (QED) is 0.668. The first-order valence-electron chi connectivity index (χ1n) is 5.51. The molecule has 0 spiro atoms. The number of hydrogen-bond acceptors (Lipinski definition) is 3. The number of aromatic carboxylic acids is 1. The summed E-state index contributed by atoms with van der Waals surface area (Å²) in [6, 6.07) is 6.42. The molecule has 0 saturated heterocycles. The Balaban J connectivity index is 2.54. The highest BCUT2D eigenvalue weighted by Crippen LogP contribution is 2.05. The summed E-state index contributed by atoms with van der Waals surface area (Å²) in [6.07, 6.45) is 0.436. The average molecular weight is 272 g/mol. The Kier molecular flexibility index (Phi) is 5.26. The van der Waals surface area contributed by atoms with Crippen LogP contribution in [-0.2, 0) is 16.6 Å². The van der Waals surface area contributed by atoms with Crippen molar-refractivity contribution in [2.24, 2.45) is 0 Å². The second-order valence-electron chi connectivity index (χ2n) is 3.65. The Hall–Kier alpha value is -1.44. The molecule has 0 heterocycles. The lowest BCUT2D eigenvalue weighted by Gasteiger charge is -2.06. The summed E-state index contributed by atoms with van der Waals surface area (Å²) in [7, 11) is -3.44. The normalized spacial score (nSPS) is 11.4. The van der Waals surface area contributed by atoms with E-state index >= 15 is 0 Å². The molecule has 0 aromatic heterocycles. The molecular weight excluding hydrogens is 256 g/mol. The SMILES string of the molecule is CCNS(=O)(=O)NCCc1cccc(C(=O)O)c1. The number of benzene rings is 1. The highest BCUT2D eigenvalue weighted by Gasteiger charge is 2.07. The van der Waals surface area contributed by atoms with E-state index in [0.717, 1.165) is 5.56 Å². The van der Waals surface area contributed by atoms with Gasteiger partial charge >= 0.3 is 5.97 Å². The van der Waals surface area contributed by atoms with E-state index in [9.17, 15) is 13.2 Å². The molecule has 6 nitrogen and oxygen atoms in total. The first-order valence-corrected chi connectivity index (χ1v) is 6.99. The van der Waals surface area contributed by atoms with Gasteiger partial charge in [0.15, 0.2) is 0 Å². The third-order valence-corrected chi connectivity index (χ3v) is 3.47. The molecule has 7 heteroatoms. The fourth-order valence-electron chi connectivity index (χ4n) is 1.43. The number of hydrogen-bond donors (Lipinski definition) is 3. The van der Waals surface area contributed by atoms with Crippen molar-refractivity contribution in [2.75, 3.05) is 13.1 Å². The molecule has 0 bridgehead atoms. The lowest BCUT2D eigenvalue weighted by Crippen LogP contribution is -2.37. The summed E-state index contributed by atoms with van der Waals surface area (Å²) in [6.45, 7) is 2.23. The molecule has 0 unspecified atom stereocenters. The summed E-state index contributed by atoms with van der Waals surface area (Å²) in [5, 5.41) is 8.81. The van der Waals surface area contributed by atoms with Gasteiger partial charge in [-0.05, 0) is 24.1 Å². The van der Waals surface area contributed by atoms with Gasteiger partial charge in [-0.25, -0.2) is 14.2 Å². The van der Waals surface area contributed by atoms with Crippen LogP contribution in [0.1, 0.15) is 22.8 Å². The fraction of sp³-hybridized carbons (Fsp3) is 0.364. The molecule has 0 fully saturated rings. The van der Waals surface area contributed by atoms with E-state index in [1.54, 1.807) is 19.1 Å². The van der Waals surface area contributed by atoms with Crippen LogP contribution in [0.5, 0.6) is 0 Å². The van der Waals surface area contributed by atoms with Gasteiger partial charge in [0.25, 0.3) is 10.2 Å². The van der Waals surface area contributed by atoms with Crippen LogP contribution in [0.4, 0.5) is 0 Å². The van der Waals surface area contributed by atoms with Crippen LogP contribution in [0.15, 0.2) is 24.3 Å². The van der Waals surface area contributed by atoms with Crippen molar-refractivity contribution in [3.63, 3.8) is 0 Å². The highest BCUT2D eigenvalue weighted by molar-refractivity contribution is 7.87. The Morgan fingerprint density at radius 1 is 1.33 bits per heavy atom. The average Bonchev–Trinajstić information content (AvgIpc) is 2.29. The standard InChI is InChI=1S/C11H16N2O4S/c1-2-12-18(16,17)13-7-6-9-4-3-5-10(8-9)11(14)15/h3-5,8,12-13H,2,6-7H2,1H3,(H,14,15). The molecule has 100 valence electrons. The Labute approximate surface area is 106 Å². The molecule has 0 aliphatic heterocycles. The first-order chi connectivity index (χ1) is 8.44. The minimum Gasteiger partial charge on any atom is -0.478 e. The van der Waals surface area contributed by atoms with Crippen molar-refractivity contribution in [1.82, 2.24) is 9.44 Å². The van der Waals surface area contributed by atoms with Gasteiger partial charge in [0, 0.05) is 13.1 Å². The van der Waals surface area contributed by atoms with Gasteiger partial charge in [-0.1, -0.05) is 19.1 Å². The van der Waals surface area contributed by atoms with Crippen molar-refractivity contribution in [3.05, 3.63) is 35.4 Å². The fourth-order valence-corrected chi connectivity index (χ4v) is 2.28. The molecular formula is C11H16N2O4S. The van der Waals surface area contributed by atoms with E-state index in [1.807, 2.05) is 0 Å². The molecule has 0 aliphatic rings. The van der Waals surface area contributed by atoms with Crippen LogP contribution in [0.3, 0.4) is 0 Å². The number of nitrogens with one attached hydrogen (secondary N) is 2. The number of carboxylic acids is 1. The zero-order valence-electron chi connectivity index (χ0n) is 10.0. The van der Waals surface area contributed by atoms with Gasteiger partial charge in [0.05, 0.1) is 5.56 Å². The lowest BCUT2D eigenvalue weighted by atomic mass is 10.1. The molecule has 0 radical (unpaired) electrons. The summed E-state index contributed by atoms with van der Waals surface area (Å²) in [4.78, 5) is 10.7. The van der Waals surface area contributed by atoms with Gasteiger partial charge in [-0.3, -0.25) is 0 Å². The number of carbonyl (C=O) groups is 1. The maximum atomic E-state index is 11.3. The third-order valence-electron chi connectivity index (χ3n) is 2.21. The molecule has 0 atom stereocenters. The van der Waals surface area contributed by atoms with Crippen molar-refractivity contribution < 1.29 is 18.3 Å². The second kappa shape index (κ2) is 6.48. The smallest absolute Gasteiger partial charge is 0.335 e. The van der Waals surface area contributed by atoms with Crippen molar-refractivity contribution in [1.29, 1.82) is 0 Å². The van der Waals surface area contributed by atoms with Crippen molar-refractivity contribution in [3.8, 4) is 0 Å². The maximum absolute atomic E-state index is 11.3. The maximum Gasteiger partial charge on any atom is 0.335 e. The van der Waals surface area contributed by atoms with E-state index in [2.05, 4.69) is 9.44 Å². The number of carboxylic acid groups (broad SMARTS) is 1. The van der Waals surface area contributed by atoms with Gasteiger partial charge in [0.1, 0.15) is 0 Å². The van der Waals surface area contributed by atoms with Crippen LogP contribution in [0, 0.1) is 0 Å². The predicted octanol–water partition coefficient (Wildman–Crippen LogP) is 0.371. The molecule has 1 rings (SSSR count). The lowest BCUT2D eigenvalue weighted by molar-refractivity contribution is 0.0696. The molecule has 18 heavy (non-hydrogen) atoms. The van der Waals surface area contributed by atoms with Crippen LogP contribution in [-0.4, -0.2) is 32.6 Å². The minimum atomic E-state index is -3.44. The largest absolute Gasteiger partial charge is 0.478 e. The summed E-state index contributed by atoms with van der Waals surface area (Å²) in [5.74, 6) is -0.995. The number of rotatable bonds is 7. The van der Waals surface area contributed by atoms with E-state index in [4.69, 9.17) is 5.11 Å². The van der Waals surface area contributed by atoms with Crippen molar-refractivity contribution >= 4 is 16.2 Å². The van der Waals surface area contributed by atoms with Crippen LogP contribution < -0.4 is 9.44 Å². The zero-order valence-corrected chi connectivity index (χ0v) is 10.8. The molecule has 0 aliphatic carbocycles. The third kappa shape index (κ3) is 4.82. The summed E-state index contributed by atoms with van der Waals surface area (Å²) >= 11 is 0. The topological polar surface area (TPSA) is 95.5 Å². The van der Waals surface area contributed by atoms with Crippen LogP contribution >= 0.6 is 0 Å². The van der Waals surface area contributed by atoms with E-state index in [0.29, 0.717) is 13.0 Å². The predicted molar refractivity (Wildman–Crippen MR) is 67.7 cm³/mol. The zero-order chi connectivity index (χ0) is 13.6. The van der Waals surface area contributed by atoms with E-state index in [1.165, 1.54) is 12.1 Å². The molecule has 0 amide bonds. The summed E-state index contributed by atoms with van der Waals surface area (Å²) < 4.78 is 27.2. The molecule has 0 saturated carbocycles. The molecule has 3 N–H and O–H groups in total. The Morgan fingerprint density at radius 3 is 2.67 bits per heavy atom. The van der Waals surface area contributed by atoms with Gasteiger partial charge in [-0.2, -0.15) is 8.42 Å². The highest BCUT2D eigenvalue weighted by atomic mass is 32.2. The molecule has 1 aromatic carbocycles. The monoisotopic (exact) mass is 272 g/mol. The van der Waals surface area contributed by atoms with Gasteiger partial charge < -0.3 is 5.11 Å². The van der Waals surface area contributed by atoms with Crippen LogP contribution in [0.2, 0.25) is 0 Å². The Morgan fingerprint density at radius 2 is 2.06 bits per heavy atom. The second-order valence-corrected chi connectivity index (χ2v) is 5.24. The van der Waals surface area contributed by atoms with Crippen molar-refractivity contribution in [2.45, 2.75) is 13.3 Å². The Bertz CT molecular complexity index is 514. The van der Waals surface area contributed by atoms with Gasteiger partial charge in [-0.15, -0.1) is 0 Å². The van der Waals surface area contributed by atoms with E-state index in [-0.39, 0.29) is 12.1 Å². The first kappa shape index (κ1) is 14.6. The summed E-state index contributed by atoms with van der Waals surface area (Å²) in [5.41, 5.74) is 0.969. The molecule has 1 aromatic rings. The van der Waals surface area contributed by atoms with Crippen LogP contribution in [0.25, 0.3) is 0 Å².